The first-order chi connectivity index (χ1) is 14.1. The van der Waals surface area contributed by atoms with Crippen LogP contribution in [0.15, 0.2) is 56.2 Å². The molecule has 2 aromatic carbocycles. The highest BCUT2D eigenvalue weighted by Crippen LogP contribution is 2.31. The molecule has 0 aliphatic heterocycles. The smallest absolute Gasteiger partial charge is 0.471 e. The molecule has 11 heteroatoms. The Morgan fingerprint density at radius 1 is 1.13 bits per heavy atom. The molecule has 0 fully saturated rings. The number of alkyl halides is 3. The fourth-order valence-corrected chi connectivity index (χ4v) is 3.99. The number of halogens is 3. The van der Waals surface area contributed by atoms with Crippen LogP contribution in [-0.2, 0) is 22.5 Å². The zero-order valence-corrected chi connectivity index (χ0v) is 17.1. The molecule has 0 radical (unpaired) electrons. The van der Waals surface area contributed by atoms with E-state index in [0.717, 1.165) is 0 Å². The van der Waals surface area contributed by atoms with Crippen LogP contribution in [0.3, 0.4) is 0 Å². The molecule has 0 bridgehead atoms. The van der Waals surface area contributed by atoms with Gasteiger partial charge >= 0.3 is 12.1 Å². The highest BCUT2D eigenvalue weighted by Gasteiger charge is 2.38. The van der Waals surface area contributed by atoms with Crippen LogP contribution in [0.4, 0.5) is 13.2 Å². The van der Waals surface area contributed by atoms with E-state index in [2.05, 4.69) is 19.0 Å². The van der Waals surface area contributed by atoms with E-state index in [-0.39, 0.29) is 12.4 Å². The number of ether oxygens (including phenoxy) is 2. The van der Waals surface area contributed by atoms with Crippen LogP contribution in [0.1, 0.15) is 11.5 Å². The quantitative estimate of drug-likeness (QED) is 0.563. The summed E-state index contributed by atoms with van der Waals surface area (Å²) in [4.78, 5) is 3.78. The second kappa shape index (κ2) is 8.34. The Morgan fingerprint density at radius 2 is 1.90 bits per heavy atom. The van der Waals surface area contributed by atoms with Crippen molar-refractivity contribution in [3.63, 3.8) is 0 Å². The number of nitrogens with zero attached hydrogens (tertiary/aromatic N) is 3. The molecule has 0 aliphatic rings. The molecule has 0 saturated heterocycles. The fraction of sp³-hybridized carbons (Fsp3) is 0.263. The van der Waals surface area contributed by atoms with Crippen molar-refractivity contribution in [3.8, 4) is 22.9 Å². The predicted octanol–water partition coefficient (Wildman–Crippen LogP) is 4.43. The second-order valence-corrected chi connectivity index (χ2v) is 8.53. The van der Waals surface area contributed by atoms with E-state index in [4.69, 9.17) is 9.47 Å². The lowest BCUT2D eigenvalue weighted by Gasteiger charge is -2.12. The van der Waals surface area contributed by atoms with Gasteiger partial charge < -0.3 is 14.0 Å². The van der Waals surface area contributed by atoms with Crippen LogP contribution in [0.2, 0.25) is 0 Å². The van der Waals surface area contributed by atoms with E-state index >= 15 is 0 Å². The summed E-state index contributed by atoms with van der Waals surface area (Å²) in [6.45, 7) is 0.0579. The average Bonchev–Trinajstić information content (AvgIpc) is 3.23. The molecule has 0 aliphatic carbocycles. The Bertz CT molecular complexity index is 1170. The van der Waals surface area contributed by atoms with Crippen LogP contribution in [0.25, 0.3) is 11.4 Å². The highest BCUT2D eigenvalue weighted by molar-refractivity contribution is 7.93. The lowest BCUT2D eigenvalue weighted by atomic mass is 10.1. The van der Waals surface area contributed by atoms with Gasteiger partial charge in [0.05, 0.1) is 35.4 Å². The first-order valence-corrected chi connectivity index (χ1v) is 10.5. The first-order valence-electron chi connectivity index (χ1n) is 8.54. The summed E-state index contributed by atoms with van der Waals surface area (Å²) in [6.07, 6.45) is -3.24. The van der Waals surface area contributed by atoms with E-state index in [9.17, 15) is 17.4 Å². The molecule has 1 aromatic heterocycles. The van der Waals surface area contributed by atoms with E-state index in [1.165, 1.54) is 20.5 Å². The Balaban J connectivity index is 1.88. The third-order valence-electron chi connectivity index (χ3n) is 4.13. The van der Waals surface area contributed by atoms with Crippen LogP contribution in [0.5, 0.6) is 11.5 Å². The first kappa shape index (κ1) is 21.6. The van der Waals surface area contributed by atoms with Gasteiger partial charge in [-0.15, -0.1) is 0 Å². The van der Waals surface area contributed by atoms with Gasteiger partial charge in [-0.3, -0.25) is 0 Å². The van der Waals surface area contributed by atoms with Gasteiger partial charge in [-0.25, -0.2) is 8.57 Å². The molecular weight excluding hydrogens is 423 g/mol. The highest BCUT2D eigenvalue weighted by atomic mass is 32.2. The molecule has 3 aromatic rings. The van der Waals surface area contributed by atoms with Gasteiger partial charge in [-0.05, 0) is 23.8 Å². The maximum absolute atomic E-state index is 13.2. The topological polar surface area (TPSA) is 86.8 Å². The minimum atomic E-state index is -4.72. The van der Waals surface area contributed by atoms with Crippen molar-refractivity contribution in [3.05, 3.63) is 53.9 Å². The summed E-state index contributed by atoms with van der Waals surface area (Å²) in [7, 11) is 0.143. The molecule has 0 saturated carbocycles. The number of rotatable bonds is 6. The van der Waals surface area contributed by atoms with Crippen LogP contribution in [-0.4, -0.2) is 34.8 Å². The maximum Gasteiger partial charge on any atom is 0.471 e. The van der Waals surface area contributed by atoms with Crippen molar-refractivity contribution in [2.75, 3.05) is 20.5 Å². The van der Waals surface area contributed by atoms with E-state index in [1.54, 1.807) is 42.5 Å². The number of hydrogen-bond acceptors (Lipinski definition) is 7. The normalized spacial score (nSPS) is 13.5. The fourth-order valence-electron chi connectivity index (χ4n) is 2.62. The molecule has 7 nitrogen and oxygen atoms in total. The summed E-state index contributed by atoms with van der Waals surface area (Å²) < 4.78 is 70.1. The molecule has 1 unspecified atom stereocenters. The zero-order valence-electron chi connectivity index (χ0n) is 16.3. The SMILES string of the molecule is COc1ccc(S(C)(=O)=NCc2cccc(-c3noc(C(F)(F)F)n3)c2)c(OC)c1. The predicted molar refractivity (Wildman–Crippen MR) is 103 cm³/mol. The molecule has 160 valence electrons. The van der Waals surface area contributed by atoms with Gasteiger partial charge in [-0.2, -0.15) is 18.2 Å². The summed E-state index contributed by atoms with van der Waals surface area (Å²) in [5.74, 6) is -0.684. The largest absolute Gasteiger partial charge is 0.497 e. The third-order valence-corrected chi connectivity index (χ3v) is 5.90. The lowest BCUT2D eigenvalue weighted by Crippen LogP contribution is -2.04. The minimum absolute atomic E-state index is 0.0579. The van der Waals surface area contributed by atoms with Crippen molar-refractivity contribution >= 4 is 9.73 Å². The summed E-state index contributed by atoms with van der Waals surface area (Å²) in [5.41, 5.74) is 0.944. The van der Waals surface area contributed by atoms with Crippen molar-refractivity contribution < 1.29 is 31.4 Å². The number of methoxy groups -OCH3 is 2. The molecule has 30 heavy (non-hydrogen) atoms. The molecule has 0 spiro atoms. The molecule has 1 heterocycles. The summed E-state index contributed by atoms with van der Waals surface area (Å²) in [6, 6.07) is 11.3. The van der Waals surface area contributed by atoms with Gasteiger partial charge in [0.15, 0.2) is 0 Å². The molecule has 0 amide bonds. The van der Waals surface area contributed by atoms with Crippen molar-refractivity contribution in [2.24, 2.45) is 4.36 Å². The van der Waals surface area contributed by atoms with E-state index < -0.39 is 21.8 Å². The number of benzene rings is 2. The van der Waals surface area contributed by atoms with Gasteiger partial charge in [0.1, 0.15) is 11.5 Å². The summed E-state index contributed by atoms with van der Waals surface area (Å²) >= 11 is 0. The van der Waals surface area contributed by atoms with Crippen molar-refractivity contribution in [1.82, 2.24) is 10.1 Å². The zero-order chi connectivity index (χ0) is 21.9. The lowest BCUT2D eigenvalue weighted by molar-refractivity contribution is -0.159. The van der Waals surface area contributed by atoms with Gasteiger partial charge in [0.25, 0.3) is 0 Å². The molecular formula is C19H18F3N3O4S. The van der Waals surface area contributed by atoms with Crippen molar-refractivity contribution in [1.29, 1.82) is 0 Å². The average molecular weight is 441 g/mol. The standard InChI is InChI=1S/C19H18F3N3O4S/c1-27-14-7-8-16(15(10-14)28-2)30(3,26)23-11-12-5-4-6-13(9-12)17-24-18(29-25-17)19(20,21)22/h4-10H,11H2,1-3H3. The minimum Gasteiger partial charge on any atom is -0.497 e. The number of hydrogen-bond donors (Lipinski definition) is 0. The maximum atomic E-state index is 13.2. The Hall–Kier alpha value is -3.08. The van der Waals surface area contributed by atoms with Crippen LogP contribution in [0, 0.1) is 0 Å². The van der Waals surface area contributed by atoms with Gasteiger partial charge in [-0.1, -0.05) is 23.4 Å². The Morgan fingerprint density at radius 3 is 2.53 bits per heavy atom. The van der Waals surface area contributed by atoms with Gasteiger partial charge in [0, 0.05) is 17.9 Å². The molecule has 1 atom stereocenters. The van der Waals surface area contributed by atoms with Crippen molar-refractivity contribution in [2.45, 2.75) is 17.6 Å². The molecule has 0 N–H and O–H groups in total. The summed E-state index contributed by atoms with van der Waals surface area (Å²) in [5, 5.41) is 3.37. The van der Waals surface area contributed by atoms with E-state index in [0.29, 0.717) is 27.5 Å². The van der Waals surface area contributed by atoms with Crippen LogP contribution >= 0.6 is 0 Å². The second-order valence-electron chi connectivity index (χ2n) is 6.23. The van der Waals surface area contributed by atoms with Gasteiger partial charge in [0.2, 0.25) is 5.82 Å². The van der Waals surface area contributed by atoms with Crippen LogP contribution < -0.4 is 9.47 Å². The third kappa shape index (κ3) is 4.73. The monoisotopic (exact) mass is 441 g/mol. The Kier molecular flexibility index (Phi) is 6.01. The molecule has 3 rings (SSSR count). The Labute approximate surface area is 171 Å². The number of aromatic nitrogens is 2. The van der Waals surface area contributed by atoms with E-state index in [1.807, 2.05) is 0 Å².